The van der Waals surface area contributed by atoms with Gasteiger partial charge in [0.1, 0.15) is 6.61 Å². The molecule has 1 aliphatic rings. The molecule has 0 aromatic heterocycles. The van der Waals surface area contributed by atoms with Crippen molar-refractivity contribution in [1.29, 1.82) is 0 Å². The third-order valence-corrected chi connectivity index (χ3v) is 6.55. The highest BCUT2D eigenvalue weighted by atomic mass is 16.5. The normalized spacial score (nSPS) is 13.9. The average Bonchev–Trinajstić information content (AvgIpc) is 3.18. The number of carbonyl (C=O) groups is 3. The van der Waals surface area contributed by atoms with Gasteiger partial charge in [0.15, 0.2) is 6.10 Å². The summed E-state index contributed by atoms with van der Waals surface area (Å²) in [6.07, 6.45) is 0.632. The van der Waals surface area contributed by atoms with Crippen LogP contribution >= 0.6 is 0 Å². The summed E-state index contributed by atoms with van der Waals surface area (Å²) in [5.41, 5.74) is 4.71. The Balaban J connectivity index is 1.36. The second kappa shape index (κ2) is 12.9. The quantitative estimate of drug-likeness (QED) is 0.345. The van der Waals surface area contributed by atoms with E-state index >= 15 is 0 Å². The number of carboxylic acids is 1. The number of rotatable bonds is 13. The fourth-order valence-corrected chi connectivity index (χ4v) is 4.48. The van der Waals surface area contributed by atoms with Crippen molar-refractivity contribution in [3.63, 3.8) is 0 Å². The SMILES string of the molecule is CCC(CCNC(=O)OCC1c2ccccc2-c2ccccc21)CCC(=O)NCCC(O)C(=O)O. The first-order valence-corrected chi connectivity index (χ1v) is 12.2. The predicted octanol–water partition coefficient (Wildman–Crippen LogP) is 3.67. The van der Waals surface area contributed by atoms with Crippen molar-refractivity contribution in [2.24, 2.45) is 5.92 Å². The molecule has 0 radical (unpaired) electrons. The zero-order chi connectivity index (χ0) is 25.2. The molecule has 8 nitrogen and oxygen atoms in total. The van der Waals surface area contributed by atoms with Gasteiger partial charge in [0.05, 0.1) is 0 Å². The van der Waals surface area contributed by atoms with E-state index in [-0.39, 0.29) is 37.3 Å². The number of nitrogens with one attached hydrogen (secondary N) is 2. The van der Waals surface area contributed by atoms with Crippen LogP contribution in [-0.2, 0) is 14.3 Å². The van der Waals surface area contributed by atoms with E-state index in [1.165, 1.54) is 22.3 Å². The largest absolute Gasteiger partial charge is 0.479 e. The van der Waals surface area contributed by atoms with Crippen molar-refractivity contribution in [1.82, 2.24) is 10.6 Å². The fourth-order valence-electron chi connectivity index (χ4n) is 4.48. The van der Waals surface area contributed by atoms with Gasteiger partial charge in [-0.25, -0.2) is 9.59 Å². The van der Waals surface area contributed by atoms with Gasteiger partial charge >= 0.3 is 12.1 Å². The van der Waals surface area contributed by atoms with Gasteiger partial charge < -0.3 is 25.6 Å². The van der Waals surface area contributed by atoms with Gasteiger partial charge in [-0.05, 0) is 41.0 Å². The second-order valence-corrected chi connectivity index (χ2v) is 8.85. The van der Waals surface area contributed by atoms with Crippen molar-refractivity contribution < 1.29 is 29.3 Å². The predicted molar refractivity (Wildman–Crippen MR) is 132 cm³/mol. The standard InChI is InChI=1S/C27H34N2O6/c1-2-18(11-12-25(31)28-16-14-24(30)26(32)33)13-15-29-27(34)35-17-23-21-9-5-3-7-19(21)20-8-4-6-10-22(20)23/h3-10,18,23-24,30H,2,11-17H2,1H3,(H,28,31)(H,29,34)(H,32,33). The Hall–Kier alpha value is -3.39. The van der Waals surface area contributed by atoms with Crippen LogP contribution in [0.1, 0.15) is 56.1 Å². The molecule has 0 fully saturated rings. The number of carbonyl (C=O) groups excluding carboxylic acids is 2. The van der Waals surface area contributed by atoms with E-state index in [1.807, 2.05) is 31.2 Å². The highest BCUT2D eigenvalue weighted by molar-refractivity contribution is 5.79. The van der Waals surface area contributed by atoms with E-state index in [4.69, 9.17) is 9.84 Å². The smallest absolute Gasteiger partial charge is 0.407 e. The summed E-state index contributed by atoms with van der Waals surface area (Å²) in [4.78, 5) is 34.9. The molecule has 35 heavy (non-hydrogen) atoms. The van der Waals surface area contributed by atoms with Gasteiger partial charge in [-0.1, -0.05) is 61.9 Å². The lowest BCUT2D eigenvalue weighted by Gasteiger charge is -2.17. The molecule has 0 saturated heterocycles. The third-order valence-electron chi connectivity index (χ3n) is 6.55. The molecule has 2 amide bonds. The average molecular weight is 483 g/mol. The molecule has 0 heterocycles. The fraction of sp³-hybridized carbons (Fsp3) is 0.444. The van der Waals surface area contributed by atoms with E-state index < -0.39 is 18.2 Å². The molecule has 188 valence electrons. The van der Waals surface area contributed by atoms with Crippen LogP contribution in [0.5, 0.6) is 0 Å². The number of benzene rings is 2. The Morgan fingerprint density at radius 1 is 0.914 bits per heavy atom. The molecule has 2 atom stereocenters. The Morgan fingerprint density at radius 3 is 2.11 bits per heavy atom. The lowest BCUT2D eigenvalue weighted by molar-refractivity contribution is -0.147. The number of amides is 2. The van der Waals surface area contributed by atoms with E-state index in [9.17, 15) is 19.5 Å². The zero-order valence-corrected chi connectivity index (χ0v) is 20.0. The minimum atomic E-state index is -1.47. The summed E-state index contributed by atoms with van der Waals surface area (Å²) in [5.74, 6) is -1.19. The van der Waals surface area contributed by atoms with Crippen molar-refractivity contribution in [3.05, 3.63) is 59.7 Å². The van der Waals surface area contributed by atoms with Gasteiger partial charge in [-0.15, -0.1) is 0 Å². The number of hydrogen-bond donors (Lipinski definition) is 4. The van der Waals surface area contributed by atoms with Crippen molar-refractivity contribution >= 4 is 18.0 Å². The molecule has 0 spiro atoms. The minimum Gasteiger partial charge on any atom is -0.479 e. The van der Waals surface area contributed by atoms with Crippen LogP contribution in [0.3, 0.4) is 0 Å². The number of carboxylic acid groups (broad SMARTS) is 1. The van der Waals surface area contributed by atoms with Gasteiger partial charge in [-0.3, -0.25) is 4.79 Å². The van der Waals surface area contributed by atoms with Crippen LogP contribution < -0.4 is 10.6 Å². The molecule has 8 heteroatoms. The molecular weight excluding hydrogens is 448 g/mol. The Kier molecular flexibility index (Phi) is 9.66. The van der Waals surface area contributed by atoms with Crippen molar-refractivity contribution in [3.8, 4) is 11.1 Å². The number of fused-ring (bicyclic) bond motifs is 3. The molecule has 2 unspecified atom stereocenters. The summed E-state index contributed by atoms with van der Waals surface area (Å²) in [6, 6.07) is 16.4. The Morgan fingerprint density at radius 2 is 1.51 bits per heavy atom. The zero-order valence-electron chi connectivity index (χ0n) is 20.0. The number of aliphatic carboxylic acids is 1. The highest BCUT2D eigenvalue weighted by Crippen LogP contribution is 2.44. The van der Waals surface area contributed by atoms with Crippen LogP contribution in [0.15, 0.2) is 48.5 Å². The lowest BCUT2D eigenvalue weighted by atomic mass is 9.96. The first kappa shape index (κ1) is 26.2. The molecular formula is C27H34N2O6. The second-order valence-electron chi connectivity index (χ2n) is 8.85. The van der Waals surface area contributed by atoms with Gasteiger partial charge in [0.2, 0.25) is 5.91 Å². The number of aliphatic hydroxyl groups excluding tert-OH is 1. The molecule has 0 bridgehead atoms. The maximum absolute atomic E-state index is 12.3. The number of alkyl carbamates (subject to hydrolysis) is 1. The summed E-state index contributed by atoms with van der Waals surface area (Å²) in [7, 11) is 0. The third kappa shape index (κ3) is 7.29. The van der Waals surface area contributed by atoms with Crippen LogP contribution in [-0.4, -0.2) is 54.0 Å². The van der Waals surface area contributed by atoms with Gasteiger partial charge in [0.25, 0.3) is 0 Å². The van der Waals surface area contributed by atoms with Crippen LogP contribution in [0.25, 0.3) is 11.1 Å². The summed E-state index contributed by atoms with van der Waals surface area (Å²) < 4.78 is 5.56. The number of aliphatic hydroxyl groups is 1. The molecule has 4 N–H and O–H groups in total. The maximum Gasteiger partial charge on any atom is 0.407 e. The monoisotopic (exact) mass is 482 g/mol. The van der Waals surface area contributed by atoms with Crippen LogP contribution in [0, 0.1) is 5.92 Å². The van der Waals surface area contributed by atoms with E-state index in [2.05, 4.69) is 34.9 Å². The maximum atomic E-state index is 12.3. The molecule has 0 saturated carbocycles. The van der Waals surface area contributed by atoms with Crippen molar-refractivity contribution in [2.45, 2.75) is 51.0 Å². The van der Waals surface area contributed by atoms with Crippen molar-refractivity contribution in [2.75, 3.05) is 19.7 Å². The molecule has 3 rings (SSSR count). The minimum absolute atomic E-state index is 0.0201. The highest BCUT2D eigenvalue weighted by Gasteiger charge is 2.29. The van der Waals surface area contributed by atoms with Crippen LogP contribution in [0.4, 0.5) is 4.79 Å². The summed E-state index contributed by atoms with van der Waals surface area (Å²) in [6.45, 7) is 2.89. The molecule has 1 aliphatic carbocycles. The first-order chi connectivity index (χ1) is 16.9. The lowest BCUT2D eigenvalue weighted by Crippen LogP contribution is -2.30. The van der Waals surface area contributed by atoms with Gasteiger partial charge in [0, 0.05) is 31.8 Å². The first-order valence-electron chi connectivity index (χ1n) is 12.2. The summed E-state index contributed by atoms with van der Waals surface area (Å²) in [5, 5.41) is 23.3. The van der Waals surface area contributed by atoms with E-state index in [0.29, 0.717) is 19.4 Å². The summed E-state index contributed by atoms with van der Waals surface area (Å²) >= 11 is 0. The number of ether oxygens (including phenoxy) is 1. The Labute approximate surface area is 205 Å². The molecule has 2 aromatic carbocycles. The molecule has 2 aromatic rings. The topological polar surface area (TPSA) is 125 Å². The Bertz CT molecular complexity index is 979. The van der Waals surface area contributed by atoms with Crippen LogP contribution in [0.2, 0.25) is 0 Å². The number of hydrogen-bond acceptors (Lipinski definition) is 5. The van der Waals surface area contributed by atoms with Gasteiger partial charge in [-0.2, -0.15) is 0 Å². The van der Waals surface area contributed by atoms with E-state index in [1.54, 1.807) is 0 Å². The molecule has 0 aliphatic heterocycles. The van der Waals surface area contributed by atoms with E-state index in [0.717, 1.165) is 12.8 Å².